The van der Waals surface area contributed by atoms with Crippen molar-refractivity contribution >= 4 is 124 Å². The summed E-state index contributed by atoms with van der Waals surface area (Å²) < 4.78 is 66.2. The third-order valence-electron chi connectivity index (χ3n) is 11.1. The van der Waals surface area contributed by atoms with Gasteiger partial charge >= 0.3 is 31.8 Å². The molecular formula is C53H71Cl6F3N11O12P. The van der Waals surface area contributed by atoms with E-state index in [9.17, 15) is 41.7 Å². The molecule has 3 aromatic carbocycles. The van der Waals surface area contributed by atoms with Crippen LogP contribution in [0.15, 0.2) is 59.4 Å². The Hall–Kier alpha value is -5.51. The second-order valence-corrected chi connectivity index (χ2v) is 23.6. The quantitative estimate of drug-likeness (QED) is 0.0240. The van der Waals surface area contributed by atoms with Gasteiger partial charge in [0.15, 0.2) is 10.7 Å². The van der Waals surface area contributed by atoms with Crippen LogP contribution in [0.1, 0.15) is 84.5 Å². The first-order valence-corrected chi connectivity index (χ1v) is 30.5. The predicted molar refractivity (Wildman–Crippen MR) is 328 cm³/mol. The first kappa shape index (κ1) is 76.6. The summed E-state index contributed by atoms with van der Waals surface area (Å²) >= 11 is 34.7. The van der Waals surface area contributed by atoms with Crippen LogP contribution in [0.5, 0.6) is 5.75 Å². The number of aryl methyl sites for hydroxylation is 3. The number of methoxy groups -OCH3 is 1. The van der Waals surface area contributed by atoms with E-state index in [0.717, 1.165) is 47.6 Å². The number of hydrogen-bond acceptors (Lipinski definition) is 16. The fraction of sp³-hybridized carbons (Fsp3) is 0.491. The molecule has 0 fully saturated rings. The second kappa shape index (κ2) is 36.7. The van der Waals surface area contributed by atoms with Crippen molar-refractivity contribution in [2.24, 2.45) is 0 Å². The van der Waals surface area contributed by atoms with Gasteiger partial charge in [0.05, 0.1) is 49.5 Å². The summed E-state index contributed by atoms with van der Waals surface area (Å²) in [5.41, 5.74) is 2.46. The Labute approximate surface area is 526 Å². The number of carboxylic acid groups (broad SMARTS) is 1. The highest BCUT2D eigenvalue weighted by atomic mass is 35.5. The maximum atomic E-state index is 14.2. The van der Waals surface area contributed by atoms with Gasteiger partial charge in [-0.05, 0) is 121 Å². The van der Waals surface area contributed by atoms with E-state index in [2.05, 4.69) is 49.0 Å². The molecular weight excluding hydrogens is 1280 g/mol. The minimum Gasteiger partial charge on any atom is -0.489 e. The van der Waals surface area contributed by atoms with Crippen molar-refractivity contribution in [3.63, 3.8) is 0 Å². The van der Waals surface area contributed by atoms with E-state index in [0.29, 0.717) is 35.5 Å². The van der Waals surface area contributed by atoms with Crippen molar-refractivity contribution in [2.45, 2.75) is 116 Å². The lowest BCUT2D eigenvalue weighted by Gasteiger charge is -2.35. The molecule has 0 saturated carbocycles. The first-order valence-electron chi connectivity index (χ1n) is 26.1. The number of amides is 2. The van der Waals surface area contributed by atoms with E-state index in [4.69, 9.17) is 98.7 Å². The molecule has 478 valence electrons. The van der Waals surface area contributed by atoms with Crippen LogP contribution in [-0.2, 0) is 46.1 Å². The van der Waals surface area contributed by atoms with Gasteiger partial charge in [-0.2, -0.15) is 28.4 Å². The van der Waals surface area contributed by atoms with Crippen LogP contribution in [0.4, 0.5) is 36.4 Å². The zero-order chi connectivity index (χ0) is 65.4. The number of anilines is 4. The molecule has 23 nitrogen and oxygen atoms in total. The Kier molecular flexibility index (Phi) is 32.7. The van der Waals surface area contributed by atoms with Gasteiger partial charge in [-0.15, -0.1) is 28.3 Å². The summed E-state index contributed by atoms with van der Waals surface area (Å²) in [6.45, 7) is 17.1. The third kappa shape index (κ3) is 24.9. The van der Waals surface area contributed by atoms with Crippen LogP contribution in [0.25, 0.3) is 5.69 Å². The van der Waals surface area contributed by atoms with Crippen molar-refractivity contribution in [1.29, 1.82) is 0 Å². The minimum absolute atomic E-state index is 0.0223. The van der Waals surface area contributed by atoms with Gasteiger partial charge in [0.2, 0.25) is 23.1 Å². The molecule has 3 unspecified atom stereocenters. The Balaban J connectivity index is 0.000000379. The number of carbonyl (C=O) groups excluding carboxylic acids is 3. The molecule has 2 aromatic heterocycles. The highest BCUT2D eigenvalue weighted by Gasteiger charge is 2.32. The molecule has 86 heavy (non-hydrogen) atoms. The molecule has 6 N–H and O–H groups in total. The lowest BCUT2D eigenvalue weighted by molar-refractivity contribution is -0.142. The number of hydrogen-bond donors (Lipinski definition) is 6. The van der Waals surface area contributed by atoms with Crippen molar-refractivity contribution in [3.05, 3.63) is 104 Å². The van der Waals surface area contributed by atoms with Crippen molar-refractivity contribution in [3.8, 4) is 11.4 Å². The van der Waals surface area contributed by atoms with Crippen LogP contribution in [0.2, 0.25) is 10.3 Å². The summed E-state index contributed by atoms with van der Waals surface area (Å²) in [7, 11) is -2.46. The average Bonchev–Trinajstić information content (AvgIpc) is 1.69. The second-order valence-electron chi connectivity index (χ2n) is 19.3. The molecule has 1 aliphatic rings. The normalized spacial score (nSPS) is 13.3. The lowest BCUT2D eigenvalue weighted by atomic mass is 10.0. The van der Waals surface area contributed by atoms with Crippen molar-refractivity contribution in [2.75, 3.05) is 72.6 Å². The SMILES string of the molecule is CC1COc2ccccc2N1C(=O)C(Cl)Cl.CCNc1nc(Cl)nc(NC(C)(C)C)n1.CCOC(=O)C(Cl)Cc1cc(-n2nc(C)n(C(F)F)c2=O)c(F)cc1Cl.CCc1cccc(C)c1N(C(=O)CCl)C(C)COC.O=C(O)CNCP(=O)(O)O. The molecule has 6 rings (SSSR count). The number of alkyl halides is 6. The molecule has 0 aliphatic carbocycles. The highest BCUT2D eigenvalue weighted by Crippen LogP contribution is 2.35. The van der Waals surface area contributed by atoms with Crippen LogP contribution in [0, 0.1) is 19.7 Å². The van der Waals surface area contributed by atoms with Crippen LogP contribution >= 0.6 is 77.2 Å². The van der Waals surface area contributed by atoms with Gasteiger partial charge in [-0.1, -0.05) is 72.1 Å². The van der Waals surface area contributed by atoms with Crippen LogP contribution < -0.4 is 36.2 Å². The fourth-order valence-electron chi connectivity index (χ4n) is 7.62. The molecule has 2 amide bonds. The van der Waals surface area contributed by atoms with E-state index in [1.165, 1.54) is 6.92 Å². The monoisotopic (exact) mass is 1350 g/mol. The van der Waals surface area contributed by atoms with E-state index in [1.54, 1.807) is 23.8 Å². The van der Waals surface area contributed by atoms with E-state index in [-0.39, 0.29) is 80.3 Å². The maximum absolute atomic E-state index is 14.2. The number of ether oxygens (including phenoxy) is 3. The number of para-hydroxylation sites is 3. The molecule has 0 spiro atoms. The largest absolute Gasteiger partial charge is 0.489 e. The van der Waals surface area contributed by atoms with Gasteiger partial charge in [0.1, 0.15) is 35.1 Å². The molecule has 0 bridgehead atoms. The van der Waals surface area contributed by atoms with Gasteiger partial charge in [0, 0.05) is 30.6 Å². The summed E-state index contributed by atoms with van der Waals surface area (Å²) in [5, 5.41) is 18.9. The van der Waals surface area contributed by atoms with Gasteiger partial charge in [-0.3, -0.25) is 29.1 Å². The number of fused-ring (bicyclic) bond motifs is 1. The number of rotatable bonds is 20. The standard InChI is InChI=1S/C15H14Cl2F3N3O3.C15H22ClNO2.C11H11Cl2NO2.C9H16ClN5.C3H8NO5P/c1-3-26-13(24)10(17)4-8-5-12(11(18)6-9(8)16)23-15(25)22(14(19)20)7(2)21-23;1-5-13-8-6-7-11(2)15(13)17(14(18)9-16)12(3)10-19-4;1-7-6-16-9-5-3-2-4-8(9)14(7)11(15)10(12)13;1-5-11-7-12-6(10)13-8(14-7)15-9(2,3)4;5-3(6)1-4-2-10(7,8)9/h5-6,10,14H,3-4H2,1-2H3;6-8,12H,5,9-10H2,1-4H3;2-5,7,10H,6H2,1H3;5H2,1-4H3,(H2,11,12,13,14,15);4H,1-2H2,(H,5,6)(H2,7,8,9). The van der Waals surface area contributed by atoms with Crippen molar-refractivity contribution < 1.29 is 66.0 Å². The summed E-state index contributed by atoms with van der Waals surface area (Å²) in [6, 6.07) is 15.3. The summed E-state index contributed by atoms with van der Waals surface area (Å²) in [6.07, 6.45) is 0.165. The molecule has 0 radical (unpaired) electrons. The summed E-state index contributed by atoms with van der Waals surface area (Å²) in [4.78, 5) is 88.3. The fourth-order valence-corrected chi connectivity index (χ4v) is 8.97. The Morgan fingerprint density at radius 3 is 2.13 bits per heavy atom. The van der Waals surface area contributed by atoms with Crippen molar-refractivity contribution in [1.82, 2.24) is 34.6 Å². The number of carboxylic acids is 1. The average molecular weight is 1350 g/mol. The van der Waals surface area contributed by atoms with E-state index >= 15 is 0 Å². The number of aliphatic carboxylic acids is 1. The Morgan fingerprint density at radius 2 is 1.59 bits per heavy atom. The zero-order valence-electron chi connectivity index (χ0n) is 48.9. The lowest BCUT2D eigenvalue weighted by Crippen LogP contribution is -2.47. The number of aromatic nitrogens is 6. The molecule has 33 heteroatoms. The number of carbonyl (C=O) groups is 4. The zero-order valence-corrected chi connectivity index (χ0v) is 54.3. The third-order valence-corrected chi connectivity index (χ3v) is 13.2. The van der Waals surface area contributed by atoms with Gasteiger partial charge < -0.3 is 49.5 Å². The molecule has 5 aromatic rings. The van der Waals surface area contributed by atoms with Crippen LogP contribution in [0.3, 0.4) is 0 Å². The van der Waals surface area contributed by atoms with Gasteiger partial charge in [0.25, 0.3) is 5.91 Å². The van der Waals surface area contributed by atoms with Crippen LogP contribution in [-0.4, -0.2) is 148 Å². The highest BCUT2D eigenvalue weighted by molar-refractivity contribution is 7.51. The molecule has 0 saturated heterocycles. The van der Waals surface area contributed by atoms with E-state index < -0.39 is 60.6 Å². The first-order chi connectivity index (χ1) is 40.2. The Bertz CT molecular complexity index is 3140. The molecule has 3 atom stereocenters. The van der Waals surface area contributed by atoms with E-state index in [1.807, 2.05) is 84.9 Å². The minimum atomic E-state index is -4.10. The Morgan fingerprint density at radius 1 is 0.953 bits per heavy atom. The number of nitrogens with zero attached hydrogens (tertiary/aromatic N) is 8. The number of esters is 1. The maximum Gasteiger partial charge on any atom is 0.355 e. The number of benzene rings is 3. The number of halogens is 9. The summed E-state index contributed by atoms with van der Waals surface area (Å²) in [5.74, 6) is -1.83. The predicted octanol–water partition coefficient (Wildman–Crippen LogP) is 9.97. The smallest absolute Gasteiger partial charge is 0.355 e. The molecule has 3 heterocycles. The molecule has 1 aliphatic heterocycles. The number of nitrogens with one attached hydrogen (secondary N) is 3. The van der Waals surface area contributed by atoms with Gasteiger partial charge in [-0.25, -0.2) is 13.8 Å². The topological polar surface area (TPSA) is 295 Å².